The number of primary amides is 1. The molecule has 1 aromatic rings. The van der Waals surface area contributed by atoms with E-state index in [2.05, 4.69) is 22.5 Å². The number of nitrogens with one attached hydrogen (secondary N) is 2. The molecule has 1 amide bonds. The maximum Gasteiger partial charge on any atom is 0.219 e. The minimum atomic E-state index is -0.315. The van der Waals surface area contributed by atoms with Gasteiger partial charge in [-0.05, 0) is 25.5 Å². The number of hydrogen-bond acceptors (Lipinski definition) is 4. The number of nitrogens with zero attached hydrogens (tertiary/aromatic N) is 1. The Balaban J connectivity index is 2.55. The van der Waals surface area contributed by atoms with E-state index in [0.717, 1.165) is 24.6 Å². The number of nitrogens with two attached hydrogens (primary N) is 1. The van der Waals surface area contributed by atoms with E-state index >= 15 is 0 Å². The van der Waals surface area contributed by atoms with Crippen LogP contribution in [0.5, 0.6) is 0 Å². The molecular formula is C12H20N4O. The molecule has 0 aliphatic carbocycles. The molecule has 1 rings (SSSR count). The van der Waals surface area contributed by atoms with Gasteiger partial charge in [-0.15, -0.1) is 0 Å². The molecule has 0 fully saturated rings. The zero-order valence-electron chi connectivity index (χ0n) is 10.4. The Hall–Kier alpha value is -1.78. The monoisotopic (exact) mass is 236 g/mol. The van der Waals surface area contributed by atoms with Gasteiger partial charge in [0.15, 0.2) is 0 Å². The number of hydrogen-bond donors (Lipinski definition) is 3. The summed E-state index contributed by atoms with van der Waals surface area (Å²) in [7, 11) is 0. The lowest BCUT2D eigenvalue weighted by Crippen LogP contribution is -2.24. The van der Waals surface area contributed by atoms with Gasteiger partial charge in [-0.3, -0.25) is 4.79 Å². The Kier molecular flexibility index (Phi) is 5.26. The first kappa shape index (κ1) is 13.3. The molecule has 0 bridgehead atoms. The van der Waals surface area contributed by atoms with Crippen LogP contribution in [0.1, 0.15) is 26.7 Å². The van der Waals surface area contributed by atoms with Crippen molar-refractivity contribution in [3.8, 4) is 0 Å². The van der Waals surface area contributed by atoms with Crippen LogP contribution in [-0.4, -0.2) is 23.5 Å². The number of rotatable bonds is 7. The number of aromatic nitrogens is 1. The smallest absolute Gasteiger partial charge is 0.219 e. The number of amides is 1. The molecule has 4 N–H and O–H groups in total. The van der Waals surface area contributed by atoms with Crippen molar-refractivity contribution in [1.29, 1.82) is 0 Å². The average Bonchev–Trinajstić information content (AvgIpc) is 2.25. The van der Waals surface area contributed by atoms with E-state index in [1.165, 1.54) is 0 Å². The molecular weight excluding hydrogens is 216 g/mol. The average molecular weight is 236 g/mol. The normalized spacial score (nSPS) is 11.9. The Bertz CT molecular complexity index is 367. The second-order valence-corrected chi connectivity index (χ2v) is 4.05. The highest BCUT2D eigenvalue weighted by Crippen LogP contribution is 2.11. The molecule has 5 nitrogen and oxygen atoms in total. The lowest BCUT2D eigenvalue weighted by Gasteiger charge is -2.13. The summed E-state index contributed by atoms with van der Waals surface area (Å²) in [6.45, 7) is 4.90. The SMILES string of the molecule is CCCNc1cccc(NC(C)CC(N)=O)n1. The van der Waals surface area contributed by atoms with Crippen LogP contribution in [0.15, 0.2) is 18.2 Å². The van der Waals surface area contributed by atoms with Gasteiger partial charge in [-0.2, -0.15) is 0 Å². The summed E-state index contributed by atoms with van der Waals surface area (Å²) in [6.07, 6.45) is 1.35. The molecule has 1 aromatic heterocycles. The van der Waals surface area contributed by atoms with Gasteiger partial charge in [0.2, 0.25) is 5.91 Å². The molecule has 5 heteroatoms. The predicted molar refractivity (Wildman–Crippen MR) is 69.9 cm³/mol. The highest BCUT2D eigenvalue weighted by molar-refractivity contribution is 5.74. The Morgan fingerprint density at radius 3 is 2.82 bits per heavy atom. The van der Waals surface area contributed by atoms with Gasteiger partial charge in [0.25, 0.3) is 0 Å². The zero-order valence-corrected chi connectivity index (χ0v) is 10.4. The molecule has 1 heterocycles. The van der Waals surface area contributed by atoms with E-state index in [-0.39, 0.29) is 11.9 Å². The molecule has 0 aromatic carbocycles. The fourth-order valence-corrected chi connectivity index (χ4v) is 1.47. The van der Waals surface area contributed by atoms with Crippen LogP contribution in [-0.2, 0) is 4.79 Å². The van der Waals surface area contributed by atoms with E-state index in [0.29, 0.717) is 6.42 Å². The van der Waals surface area contributed by atoms with Gasteiger partial charge in [0, 0.05) is 19.0 Å². The highest BCUT2D eigenvalue weighted by atomic mass is 16.1. The van der Waals surface area contributed by atoms with Crippen LogP contribution in [0.4, 0.5) is 11.6 Å². The molecule has 0 saturated heterocycles. The van der Waals surface area contributed by atoms with Crippen LogP contribution in [0.25, 0.3) is 0 Å². The lowest BCUT2D eigenvalue weighted by molar-refractivity contribution is -0.118. The van der Waals surface area contributed by atoms with Crippen molar-refractivity contribution in [2.75, 3.05) is 17.2 Å². The van der Waals surface area contributed by atoms with Crippen molar-refractivity contribution in [3.05, 3.63) is 18.2 Å². The third-order valence-electron chi connectivity index (χ3n) is 2.21. The maximum atomic E-state index is 10.8. The quantitative estimate of drug-likeness (QED) is 0.671. The van der Waals surface area contributed by atoms with Crippen LogP contribution in [0.2, 0.25) is 0 Å². The van der Waals surface area contributed by atoms with Gasteiger partial charge in [0.05, 0.1) is 0 Å². The molecule has 0 radical (unpaired) electrons. The fraction of sp³-hybridized carbons (Fsp3) is 0.500. The van der Waals surface area contributed by atoms with Gasteiger partial charge < -0.3 is 16.4 Å². The standard InChI is InChI=1S/C12H20N4O/c1-3-7-14-11-5-4-6-12(16-11)15-9(2)8-10(13)17/h4-6,9H,3,7-8H2,1-2H3,(H2,13,17)(H2,14,15,16). The van der Waals surface area contributed by atoms with Gasteiger partial charge in [-0.1, -0.05) is 13.0 Å². The first-order valence-electron chi connectivity index (χ1n) is 5.87. The summed E-state index contributed by atoms with van der Waals surface area (Å²) < 4.78 is 0. The van der Waals surface area contributed by atoms with Crippen LogP contribution in [0.3, 0.4) is 0 Å². The van der Waals surface area contributed by atoms with Gasteiger partial charge in [0.1, 0.15) is 11.6 Å². The van der Waals surface area contributed by atoms with Crippen LogP contribution >= 0.6 is 0 Å². The minimum absolute atomic E-state index is 0.0126. The molecule has 0 aliphatic rings. The summed E-state index contributed by atoms with van der Waals surface area (Å²) in [5, 5.41) is 6.34. The maximum absolute atomic E-state index is 10.8. The van der Waals surface area contributed by atoms with Crippen molar-refractivity contribution in [1.82, 2.24) is 4.98 Å². The zero-order chi connectivity index (χ0) is 12.7. The number of anilines is 2. The summed E-state index contributed by atoms with van der Waals surface area (Å²) in [5.41, 5.74) is 5.13. The first-order valence-corrected chi connectivity index (χ1v) is 5.87. The molecule has 0 spiro atoms. The van der Waals surface area contributed by atoms with E-state index in [4.69, 9.17) is 5.73 Å². The molecule has 0 aliphatic heterocycles. The first-order chi connectivity index (χ1) is 8.11. The second-order valence-electron chi connectivity index (χ2n) is 4.05. The van der Waals surface area contributed by atoms with E-state index in [1.54, 1.807) is 0 Å². The summed E-state index contributed by atoms with van der Waals surface area (Å²) >= 11 is 0. The lowest BCUT2D eigenvalue weighted by atomic mass is 10.2. The van der Waals surface area contributed by atoms with Crippen molar-refractivity contribution < 1.29 is 4.79 Å². The van der Waals surface area contributed by atoms with Crippen LogP contribution < -0.4 is 16.4 Å². The molecule has 0 saturated carbocycles. The number of carbonyl (C=O) groups is 1. The molecule has 1 unspecified atom stereocenters. The summed E-state index contributed by atoms with van der Waals surface area (Å²) in [4.78, 5) is 15.1. The second kappa shape index (κ2) is 6.73. The Morgan fingerprint density at radius 2 is 2.18 bits per heavy atom. The molecule has 94 valence electrons. The van der Waals surface area contributed by atoms with Crippen molar-refractivity contribution in [2.24, 2.45) is 5.73 Å². The van der Waals surface area contributed by atoms with E-state index in [9.17, 15) is 4.79 Å². The minimum Gasteiger partial charge on any atom is -0.370 e. The summed E-state index contributed by atoms with van der Waals surface area (Å²) in [6, 6.07) is 5.69. The Labute approximate surface area is 102 Å². The van der Waals surface area contributed by atoms with Crippen molar-refractivity contribution in [2.45, 2.75) is 32.7 Å². The van der Waals surface area contributed by atoms with Crippen LogP contribution in [0, 0.1) is 0 Å². The molecule has 17 heavy (non-hydrogen) atoms. The van der Waals surface area contributed by atoms with E-state index in [1.807, 2.05) is 25.1 Å². The van der Waals surface area contributed by atoms with E-state index < -0.39 is 0 Å². The van der Waals surface area contributed by atoms with Gasteiger partial charge in [-0.25, -0.2) is 4.98 Å². The number of carbonyl (C=O) groups excluding carboxylic acids is 1. The van der Waals surface area contributed by atoms with Gasteiger partial charge >= 0.3 is 0 Å². The molecule has 1 atom stereocenters. The summed E-state index contributed by atoms with van der Waals surface area (Å²) in [5.74, 6) is 1.27. The highest BCUT2D eigenvalue weighted by Gasteiger charge is 2.06. The fourth-order valence-electron chi connectivity index (χ4n) is 1.47. The predicted octanol–water partition coefficient (Wildman–Crippen LogP) is 1.58. The third-order valence-corrected chi connectivity index (χ3v) is 2.21. The Morgan fingerprint density at radius 1 is 1.47 bits per heavy atom. The van der Waals surface area contributed by atoms with Crippen molar-refractivity contribution in [3.63, 3.8) is 0 Å². The van der Waals surface area contributed by atoms with Crippen molar-refractivity contribution >= 4 is 17.5 Å². The largest absolute Gasteiger partial charge is 0.370 e. The third kappa shape index (κ3) is 5.19. The number of pyridine rings is 1. The topological polar surface area (TPSA) is 80.0 Å².